The van der Waals surface area contributed by atoms with Crippen LogP contribution in [0.1, 0.15) is 28.9 Å². The van der Waals surface area contributed by atoms with Crippen LogP contribution in [0.5, 0.6) is 5.75 Å². The number of nitrogens with two attached hydrogens (primary N) is 2. The largest absolute Gasteiger partial charge is 0.462 e. The first-order valence-corrected chi connectivity index (χ1v) is 8.65. The molecule has 2 aromatic rings. The average Bonchev–Trinajstić information content (AvgIpc) is 3.02. The molecule has 1 aliphatic heterocycles. The average molecular weight is 351 g/mol. The first-order chi connectivity index (χ1) is 12.6. The molecule has 1 amide bonds. The van der Waals surface area contributed by atoms with Gasteiger partial charge in [-0.15, -0.1) is 0 Å². The number of rotatable bonds is 4. The van der Waals surface area contributed by atoms with Gasteiger partial charge in [0.15, 0.2) is 0 Å². The third-order valence-electron chi connectivity index (χ3n) is 4.55. The van der Waals surface area contributed by atoms with Crippen LogP contribution in [0.15, 0.2) is 48.2 Å². The highest BCUT2D eigenvalue weighted by Crippen LogP contribution is 2.33. The summed E-state index contributed by atoms with van der Waals surface area (Å²) in [6.45, 7) is 1.16. The Morgan fingerprint density at radius 2 is 2.04 bits per heavy atom. The summed E-state index contributed by atoms with van der Waals surface area (Å²) in [4.78, 5) is 12.0. The number of allylic oxidation sites excluding steroid dienone is 4. The highest BCUT2D eigenvalue weighted by atomic mass is 16.5. The number of carbonyl (C=O) groups is 1. The SMILES string of the molecule is NC(=O)c1c(C2=CC=C(Oc3ccccc3)CC2)nn2c1NCC(N)C2. The standard InChI is InChI=1S/C19H21N5O2/c20-13-10-22-19-16(18(21)25)17(23-24(19)11-13)12-6-8-15(9-7-12)26-14-4-2-1-3-5-14/h1-6,8,13,22H,7,9-11,20H2,(H2,21,25). The van der Waals surface area contributed by atoms with Crippen molar-refractivity contribution in [2.75, 3.05) is 11.9 Å². The van der Waals surface area contributed by atoms with Crippen molar-refractivity contribution in [1.82, 2.24) is 9.78 Å². The number of para-hydroxylation sites is 1. The lowest BCUT2D eigenvalue weighted by Crippen LogP contribution is -2.39. The zero-order chi connectivity index (χ0) is 18.1. The quantitative estimate of drug-likeness (QED) is 0.779. The molecule has 134 valence electrons. The number of carbonyl (C=O) groups excluding carboxylic acids is 1. The number of fused-ring (bicyclic) bond motifs is 1. The zero-order valence-electron chi connectivity index (χ0n) is 14.3. The summed E-state index contributed by atoms with van der Waals surface area (Å²) >= 11 is 0. The number of benzene rings is 1. The monoisotopic (exact) mass is 351 g/mol. The molecule has 0 radical (unpaired) electrons. The van der Waals surface area contributed by atoms with Crippen LogP contribution in [0.25, 0.3) is 5.57 Å². The number of hydrogen-bond donors (Lipinski definition) is 3. The molecule has 1 atom stereocenters. The summed E-state index contributed by atoms with van der Waals surface area (Å²) in [5, 5.41) is 7.76. The molecular weight excluding hydrogens is 330 g/mol. The van der Waals surface area contributed by atoms with Gasteiger partial charge in [-0.3, -0.25) is 4.79 Å². The molecule has 4 rings (SSSR count). The Bertz CT molecular complexity index is 898. The molecule has 2 heterocycles. The summed E-state index contributed by atoms with van der Waals surface area (Å²) in [5.41, 5.74) is 13.6. The van der Waals surface area contributed by atoms with Gasteiger partial charge < -0.3 is 21.5 Å². The molecule has 7 nitrogen and oxygen atoms in total. The van der Waals surface area contributed by atoms with E-state index in [2.05, 4.69) is 10.4 Å². The molecular formula is C19H21N5O2. The van der Waals surface area contributed by atoms with Gasteiger partial charge >= 0.3 is 0 Å². The number of amides is 1. The highest BCUT2D eigenvalue weighted by Gasteiger charge is 2.28. The van der Waals surface area contributed by atoms with E-state index in [-0.39, 0.29) is 6.04 Å². The third-order valence-corrected chi connectivity index (χ3v) is 4.55. The molecule has 26 heavy (non-hydrogen) atoms. The maximum Gasteiger partial charge on any atom is 0.254 e. The van der Waals surface area contributed by atoms with E-state index < -0.39 is 5.91 Å². The van der Waals surface area contributed by atoms with Crippen molar-refractivity contribution in [3.8, 4) is 5.75 Å². The van der Waals surface area contributed by atoms with Gasteiger partial charge in [-0.1, -0.05) is 24.3 Å². The maximum atomic E-state index is 12.0. The first-order valence-electron chi connectivity index (χ1n) is 8.65. The molecule has 0 saturated carbocycles. The number of hydrogen-bond acceptors (Lipinski definition) is 5. The van der Waals surface area contributed by atoms with Gasteiger partial charge in [0.05, 0.1) is 6.54 Å². The third kappa shape index (κ3) is 3.09. The van der Waals surface area contributed by atoms with Crippen LogP contribution in [0.3, 0.4) is 0 Å². The van der Waals surface area contributed by atoms with Crippen molar-refractivity contribution in [1.29, 1.82) is 0 Å². The fraction of sp³-hybridized carbons (Fsp3) is 0.263. The number of aromatic nitrogens is 2. The van der Waals surface area contributed by atoms with E-state index in [4.69, 9.17) is 16.2 Å². The number of anilines is 1. The van der Waals surface area contributed by atoms with Crippen LogP contribution in [-0.2, 0) is 6.54 Å². The summed E-state index contributed by atoms with van der Waals surface area (Å²) in [6, 6.07) is 9.63. The van der Waals surface area contributed by atoms with Crippen molar-refractivity contribution >= 4 is 17.3 Å². The lowest BCUT2D eigenvalue weighted by Gasteiger charge is -2.21. The molecule has 7 heteroatoms. The van der Waals surface area contributed by atoms with Gasteiger partial charge in [0.1, 0.15) is 28.6 Å². The van der Waals surface area contributed by atoms with Crippen molar-refractivity contribution in [3.05, 3.63) is 59.5 Å². The number of ether oxygens (including phenoxy) is 1. The normalized spacial score (nSPS) is 19.0. The fourth-order valence-electron chi connectivity index (χ4n) is 3.29. The minimum atomic E-state index is -0.486. The van der Waals surface area contributed by atoms with Crippen LogP contribution in [0.2, 0.25) is 0 Å². The highest BCUT2D eigenvalue weighted by molar-refractivity contribution is 6.02. The van der Waals surface area contributed by atoms with Crippen LogP contribution in [0.4, 0.5) is 5.82 Å². The van der Waals surface area contributed by atoms with E-state index in [9.17, 15) is 4.79 Å². The smallest absolute Gasteiger partial charge is 0.254 e. The van der Waals surface area contributed by atoms with E-state index in [0.29, 0.717) is 30.2 Å². The van der Waals surface area contributed by atoms with E-state index in [0.717, 1.165) is 29.9 Å². The number of nitrogens with zero attached hydrogens (tertiary/aromatic N) is 2. The Morgan fingerprint density at radius 3 is 2.73 bits per heavy atom. The zero-order valence-corrected chi connectivity index (χ0v) is 14.3. The van der Waals surface area contributed by atoms with Gasteiger partial charge in [0.2, 0.25) is 0 Å². The van der Waals surface area contributed by atoms with Crippen LogP contribution >= 0.6 is 0 Å². The Hall–Kier alpha value is -3.06. The Morgan fingerprint density at radius 1 is 1.23 bits per heavy atom. The topological polar surface area (TPSA) is 108 Å². The molecule has 0 spiro atoms. The van der Waals surface area contributed by atoms with Crippen LogP contribution < -0.4 is 21.5 Å². The second-order valence-corrected chi connectivity index (χ2v) is 6.50. The van der Waals surface area contributed by atoms with Crippen molar-refractivity contribution < 1.29 is 9.53 Å². The second-order valence-electron chi connectivity index (χ2n) is 6.50. The summed E-state index contributed by atoms with van der Waals surface area (Å²) in [6.07, 6.45) is 5.33. The van der Waals surface area contributed by atoms with Crippen molar-refractivity contribution in [3.63, 3.8) is 0 Å². The molecule has 0 saturated heterocycles. The molecule has 2 aliphatic rings. The molecule has 5 N–H and O–H groups in total. The minimum Gasteiger partial charge on any atom is -0.462 e. The Labute approximate surface area is 151 Å². The fourth-order valence-corrected chi connectivity index (χ4v) is 3.29. The van der Waals surface area contributed by atoms with E-state index in [1.165, 1.54) is 0 Å². The molecule has 1 aliphatic carbocycles. The molecule has 1 aromatic heterocycles. The minimum absolute atomic E-state index is 0.0397. The Balaban J connectivity index is 1.63. The number of primary amides is 1. The van der Waals surface area contributed by atoms with Gasteiger partial charge in [-0.2, -0.15) is 5.10 Å². The Kier molecular flexibility index (Phi) is 4.22. The van der Waals surface area contributed by atoms with Gasteiger partial charge in [-0.25, -0.2) is 4.68 Å². The van der Waals surface area contributed by atoms with Crippen LogP contribution in [-0.4, -0.2) is 28.3 Å². The summed E-state index contributed by atoms with van der Waals surface area (Å²) in [7, 11) is 0. The van der Waals surface area contributed by atoms with Gasteiger partial charge in [-0.05, 0) is 30.2 Å². The molecule has 0 fully saturated rings. The van der Waals surface area contributed by atoms with Crippen molar-refractivity contribution in [2.45, 2.75) is 25.4 Å². The lowest BCUT2D eigenvalue weighted by atomic mass is 9.97. The van der Waals surface area contributed by atoms with Crippen molar-refractivity contribution in [2.24, 2.45) is 11.5 Å². The second kappa shape index (κ2) is 6.68. The summed E-state index contributed by atoms with van der Waals surface area (Å²) < 4.78 is 7.62. The maximum absolute atomic E-state index is 12.0. The van der Waals surface area contributed by atoms with Gasteiger partial charge in [0, 0.05) is 19.0 Å². The predicted molar refractivity (Wildman–Crippen MR) is 99.6 cm³/mol. The molecule has 0 bridgehead atoms. The van der Waals surface area contributed by atoms with E-state index in [1.54, 1.807) is 4.68 Å². The number of nitrogens with one attached hydrogen (secondary N) is 1. The predicted octanol–water partition coefficient (Wildman–Crippen LogP) is 1.87. The van der Waals surface area contributed by atoms with E-state index >= 15 is 0 Å². The lowest BCUT2D eigenvalue weighted by molar-refractivity contribution is 0.100. The van der Waals surface area contributed by atoms with Crippen LogP contribution in [0, 0.1) is 0 Å². The summed E-state index contributed by atoms with van der Waals surface area (Å²) in [5.74, 6) is 1.86. The molecule has 1 aromatic carbocycles. The van der Waals surface area contributed by atoms with E-state index in [1.807, 2.05) is 42.5 Å². The van der Waals surface area contributed by atoms with Gasteiger partial charge in [0.25, 0.3) is 5.91 Å². The molecule has 1 unspecified atom stereocenters. The first kappa shape index (κ1) is 16.4.